The number of amides is 2. The van der Waals surface area contributed by atoms with Crippen LogP contribution in [0.15, 0.2) is 26.4 Å². The molecule has 2 amide bonds. The highest BCUT2D eigenvalue weighted by Gasteiger charge is 2.22. The molecule has 0 aliphatic carbocycles. The highest BCUT2D eigenvalue weighted by atomic mass is 32.2. The van der Waals surface area contributed by atoms with E-state index in [-0.39, 0.29) is 11.8 Å². The SMILES string of the molecule is CC(=O)NC1=NC(=O)C(=Cc2ccc(C)o2)S1. The first-order valence-electron chi connectivity index (χ1n) is 4.91. The van der Waals surface area contributed by atoms with E-state index in [4.69, 9.17) is 4.42 Å². The molecule has 2 heterocycles. The lowest BCUT2D eigenvalue weighted by Gasteiger charge is -1.96. The van der Waals surface area contributed by atoms with Gasteiger partial charge >= 0.3 is 0 Å². The second-order valence-electron chi connectivity index (χ2n) is 3.46. The molecule has 1 aliphatic heterocycles. The maximum absolute atomic E-state index is 11.5. The van der Waals surface area contributed by atoms with E-state index >= 15 is 0 Å². The van der Waals surface area contributed by atoms with Crippen molar-refractivity contribution in [1.29, 1.82) is 0 Å². The Balaban J connectivity index is 2.14. The quantitative estimate of drug-likeness (QED) is 0.770. The van der Waals surface area contributed by atoms with Crippen LogP contribution in [0, 0.1) is 6.92 Å². The number of nitrogens with one attached hydrogen (secondary N) is 1. The van der Waals surface area contributed by atoms with Gasteiger partial charge in [0.05, 0.1) is 4.91 Å². The van der Waals surface area contributed by atoms with Crippen molar-refractivity contribution in [2.75, 3.05) is 0 Å². The number of aryl methyl sites for hydroxylation is 1. The zero-order chi connectivity index (χ0) is 12.4. The molecule has 0 saturated carbocycles. The summed E-state index contributed by atoms with van der Waals surface area (Å²) < 4.78 is 5.33. The van der Waals surface area contributed by atoms with Crippen LogP contribution in [-0.4, -0.2) is 17.0 Å². The van der Waals surface area contributed by atoms with Crippen molar-refractivity contribution in [2.24, 2.45) is 4.99 Å². The van der Waals surface area contributed by atoms with Gasteiger partial charge in [-0.15, -0.1) is 0 Å². The van der Waals surface area contributed by atoms with E-state index in [0.717, 1.165) is 17.5 Å². The summed E-state index contributed by atoms with van der Waals surface area (Å²) >= 11 is 1.12. The molecule has 0 unspecified atom stereocenters. The van der Waals surface area contributed by atoms with Crippen LogP contribution in [0.5, 0.6) is 0 Å². The summed E-state index contributed by atoms with van der Waals surface area (Å²) in [5.41, 5.74) is 0. The predicted octanol–water partition coefficient (Wildman–Crippen LogP) is 1.69. The Morgan fingerprint density at radius 3 is 2.88 bits per heavy atom. The minimum Gasteiger partial charge on any atom is -0.462 e. The molecule has 6 heteroatoms. The minimum absolute atomic E-state index is 0.251. The van der Waals surface area contributed by atoms with Gasteiger partial charge in [0.25, 0.3) is 5.91 Å². The van der Waals surface area contributed by atoms with Gasteiger partial charge in [-0.2, -0.15) is 4.99 Å². The average Bonchev–Trinajstić information content (AvgIpc) is 2.74. The standard InChI is InChI=1S/C11H10N2O3S/c1-6-3-4-8(16-6)5-9-10(15)13-11(17-9)12-7(2)14/h3-5H,1-2H3,(H,12,13,14,15). The molecule has 0 radical (unpaired) electrons. The zero-order valence-electron chi connectivity index (χ0n) is 9.31. The molecule has 2 rings (SSSR count). The third-order valence-corrected chi connectivity index (χ3v) is 2.84. The molecule has 0 atom stereocenters. The molecule has 88 valence electrons. The second kappa shape index (κ2) is 4.58. The number of hydrogen-bond acceptors (Lipinski definition) is 4. The van der Waals surface area contributed by atoms with E-state index in [2.05, 4.69) is 10.3 Å². The molecular weight excluding hydrogens is 240 g/mol. The van der Waals surface area contributed by atoms with Gasteiger partial charge in [0.1, 0.15) is 11.5 Å². The van der Waals surface area contributed by atoms with E-state index in [1.54, 1.807) is 12.1 Å². The highest BCUT2D eigenvalue weighted by Crippen LogP contribution is 2.27. The Morgan fingerprint density at radius 2 is 2.29 bits per heavy atom. The number of thioether (sulfide) groups is 1. The summed E-state index contributed by atoms with van der Waals surface area (Å²) in [5.74, 6) is 0.750. The van der Waals surface area contributed by atoms with E-state index in [1.807, 2.05) is 13.0 Å². The van der Waals surface area contributed by atoms with Crippen LogP contribution in [0.4, 0.5) is 0 Å². The van der Waals surface area contributed by atoms with Crippen molar-refractivity contribution < 1.29 is 14.0 Å². The van der Waals surface area contributed by atoms with Gasteiger partial charge in [-0.25, -0.2) is 0 Å². The minimum atomic E-state index is -0.368. The fraction of sp³-hybridized carbons (Fsp3) is 0.182. The molecule has 5 nitrogen and oxygen atoms in total. The molecule has 0 spiro atoms. The van der Waals surface area contributed by atoms with Crippen molar-refractivity contribution in [3.05, 3.63) is 28.6 Å². The van der Waals surface area contributed by atoms with Crippen molar-refractivity contribution in [3.63, 3.8) is 0 Å². The lowest BCUT2D eigenvalue weighted by Crippen LogP contribution is -2.23. The monoisotopic (exact) mass is 250 g/mol. The second-order valence-corrected chi connectivity index (χ2v) is 4.49. The third kappa shape index (κ3) is 2.85. The first kappa shape index (κ1) is 11.7. The molecule has 0 bridgehead atoms. The maximum atomic E-state index is 11.5. The Bertz CT molecular complexity index is 543. The third-order valence-electron chi connectivity index (χ3n) is 1.94. The molecule has 1 aromatic rings. The van der Waals surface area contributed by atoms with Crippen LogP contribution in [0.25, 0.3) is 6.08 Å². The summed E-state index contributed by atoms with van der Waals surface area (Å²) in [6.45, 7) is 3.19. The number of nitrogens with zero attached hydrogens (tertiary/aromatic N) is 1. The fourth-order valence-corrected chi connectivity index (χ4v) is 2.11. The molecule has 1 N–H and O–H groups in total. The summed E-state index contributed by atoms with van der Waals surface area (Å²) in [4.78, 5) is 26.5. The van der Waals surface area contributed by atoms with Crippen molar-refractivity contribution in [3.8, 4) is 0 Å². The van der Waals surface area contributed by atoms with E-state index < -0.39 is 0 Å². The summed E-state index contributed by atoms with van der Waals surface area (Å²) in [7, 11) is 0. The number of hydrogen-bond donors (Lipinski definition) is 1. The molecule has 0 fully saturated rings. The number of rotatable bonds is 1. The Hall–Kier alpha value is -1.82. The number of amidine groups is 1. The van der Waals surface area contributed by atoms with Gasteiger partial charge in [-0.1, -0.05) is 0 Å². The zero-order valence-corrected chi connectivity index (χ0v) is 10.1. The predicted molar refractivity (Wildman–Crippen MR) is 65.3 cm³/mol. The van der Waals surface area contributed by atoms with Crippen LogP contribution in [0.1, 0.15) is 18.4 Å². The number of carbonyl (C=O) groups is 2. The van der Waals surface area contributed by atoms with Crippen LogP contribution in [0.2, 0.25) is 0 Å². The van der Waals surface area contributed by atoms with E-state index in [1.165, 1.54) is 6.92 Å². The summed E-state index contributed by atoms with van der Waals surface area (Å²) in [6.07, 6.45) is 1.61. The molecule has 1 aromatic heterocycles. The van der Waals surface area contributed by atoms with Crippen molar-refractivity contribution in [1.82, 2.24) is 5.32 Å². The van der Waals surface area contributed by atoms with Crippen LogP contribution >= 0.6 is 11.8 Å². The first-order chi connectivity index (χ1) is 8.04. The number of aliphatic imine (C=N–C) groups is 1. The normalized spacial score (nSPS) is 17.4. The first-order valence-corrected chi connectivity index (χ1v) is 5.73. The van der Waals surface area contributed by atoms with Gasteiger partial charge in [-0.3, -0.25) is 9.59 Å². The summed E-state index contributed by atoms with van der Waals surface area (Å²) in [6, 6.07) is 3.58. The topological polar surface area (TPSA) is 71.7 Å². The molecule has 0 saturated heterocycles. The van der Waals surface area contributed by atoms with Crippen LogP contribution < -0.4 is 5.32 Å². The summed E-state index contributed by atoms with van der Waals surface area (Å²) in [5, 5.41) is 2.78. The highest BCUT2D eigenvalue weighted by molar-refractivity contribution is 8.18. The molecule has 17 heavy (non-hydrogen) atoms. The van der Waals surface area contributed by atoms with Crippen molar-refractivity contribution in [2.45, 2.75) is 13.8 Å². The Kier molecular flexibility index (Phi) is 3.14. The Morgan fingerprint density at radius 1 is 1.53 bits per heavy atom. The number of furan rings is 1. The maximum Gasteiger partial charge on any atom is 0.286 e. The lowest BCUT2D eigenvalue weighted by molar-refractivity contribution is -0.117. The largest absolute Gasteiger partial charge is 0.462 e. The Labute approximate surface area is 102 Å². The van der Waals surface area contributed by atoms with Crippen LogP contribution in [-0.2, 0) is 9.59 Å². The van der Waals surface area contributed by atoms with E-state index in [0.29, 0.717) is 15.8 Å². The number of carbonyl (C=O) groups excluding carboxylic acids is 2. The smallest absolute Gasteiger partial charge is 0.286 e. The molecule has 0 aromatic carbocycles. The average molecular weight is 250 g/mol. The van der Waals surface area contributed by atoms with Crippen LogP contribution in [0.3, 0.4) is 0 Å². The molecular formula is C11H10N2O3S. The van der Waals surface area contributed by atoms with E-state index in [9.17, 15) is 9.59 Å². The van der Waals surface area contributed by atoms with Gasteiger partial charge < -0.3 is 9.73 Å². The lowest BCUT2D eigenvalue weighted by atomic mass is 10.4. The van der Waals surface area contributed by atoms with Gasteiger partial charge in [0, 0.05) is 13.0 Å². The van der Waals surface area contributed by atoms with Gasteiger partial charge in [0.2, 0.25) is 5.91 Å². The fourth-order valence-electron chi connectivity index (χ4n) is 1.27. The van der Waals surface area contributed by atoms with Gasteiger partial charge in [-0.05, 0) is 30.8 Å². The van der Waals surface area contributed by atoms with Gasteiger partial charge in [0.15, 0.2) is 5.17 Å². The molecule has 1 aliphatic rings. The van der Waals surface area contributed by atoms with Crippen molar-refractivity contribution >= 4 is 34.8 Å².